The highest BCUT2D eigenvalue weighted by molar-refractivity contribution is 7.18. The third kappa shape index (κ3) is 3.14. The number of rotatable bonds is 4. The maximum absolute atomic E-state index is 11.2. The van der Waals surface area contributed by atoms with Gasteiger partial charge in [-0.1, -0.05) is 0 Å². The first kappa shape index (κ1) is 14.2. The van der Waals surface area contributed by atoms with Crippen LogP contribution in [0.25, 0.3) is 10.2 Å². The van der Waals surface area contributed by atoms with Gasteiger partial charge in [-0.3, -0.25) is 10.1 Å². The molecule has 1 aromatic carbocycles. The average molecular weight is 307 g/mol. The fourth-order valence-corrected chi connectivity index (χ4v) is 3.41. The largest absolute Gasteiger partial charge is 0.377 e. The number of thiazole rings is 1. The molecule has 0 bridgehead atoms. The molecule has 0 radical (unpaired) electrons. The van der Waals surface area contributed by atoms with Crippen molar-refractivity contribution in [3.63, 3.8) is 0 Å². The highest BCUT2D eigenvalue weighted by Gasteiger charge is 2.19. The van der Waals surface area contributed by atoms with Crippen molar-refractivity contribution in [2.45, 2.75) is 32.3 Å². The number of ether oxygens (including phenoxy) is 1. The van der Waals surface area contributed by atoms with Crippen LogP contribution < -0.4 is 5.32 Å². The van der Waals surface area contributed by atoms with E-state index in [0.717, 1.165) is 41.1 Å². The predicted octanol–water partition coefficient (Wildman–Crippen LogP) is 3.49. The van der Waals surface area contributed by atoms with Crippen molar-refractivity contribution in [2.24, 2.45) is 0 Å². The molecule has 1 fully saturated rings. The molecule has 2 aromatic rings. The Morgan fingerprint density at radius 1 is 1.52 bits per heavy atom. The molecular formula is C14H17N3O3S. The minimum absolute atomic E-state index is 0.0990. The maximum atomic E-state index is 11.2. The Morgan fingerprint density at radius 3 is 3.10 bits per heavy atom. The molecule has 1 unspecified atom stereocenters. The molecule has 112 valence electrons. The van der Waals surface area contributed by atoms with E-state index in [9.17, 15) is 10.1 Å². The minimum atomic E-state index is -0.349. The zero-order valence-corrected chi connectivity index (χ0v) is 12.6. The molecule has 0 spiro atoms. The van der Waals surface area contributed by atoms with E-state index in [0.29, 0.717) is 12.2 Å². The van der Waals surface area contributed by atoms with E-state index >= 15 is 0 Å². The Hall–Kier alpha value is -1.73. The Kier molecular flexibility index (Phi) is 4.03. The molecule has 7 heteroatoms. The molecule has 0 aliphatic carbocycles. The van der Waals surface area contributed by atoms with Crippen LogP contribution in [0.15, 0.2) is 12.1 Å². The van der Waals surface area contributed by atoms with Crippen molar-refractivity contribution >= 4 is 32.9 Å². The molecule has 1 aliphatic heterocycles. The van der Waals surface area contributed by atoms with Gasteiger partial charge in [-0.2, -0.15) is 0 Å². The van der Waals surface area contributed by atoms with E-state index in [1.54, 1.807) is 12.1 Å². The monoisotopic (exact) mass is 307 g/mol. The van der Waals surface area contributed by atoms with E-state index in [1.165, 1.54) is 11.3 Å². The average Bonchev–Trinajstić information content (AvgIpc) is 2.84. The van der Waals surface area contributed by atoms with Gasteiger partial charge in [0.2, 0.25) is 0 Å². The number of aryl methyl sites for hydroxylation is 1. The summed E-state index contributed by atoms with van der Waals surface area (Å²) < 4.78 is 6.49. The van der Waals surface area contributed by atoms with E-state index < -0.39 is 0 Å². The first-order chi connectivity index (χ1) is 10.1. The van der Waals surface area contributed by atoms with Gasteiger partial charge in [-0.15, -0.1) is 11.3 Å². The molecule has 3 rings (SSSR count). The van der Waals surface area contributed by atoms with Crippen molar-refractivity contribution in [2.75, 3.05) is 18.5 Å². The lowest BCUT2D eigenvalue weighted by molar-refractivity contribution is -0.383. The molecule has 1 aliphatic rings. The summed E-state index contributed by atoms with van der Waals surface area (Å²) in [7, 11) is 0. The number of hydrogen-bond acceptors (Lipinski definition) is 6. The number of nitro benzene ring substituents is 1. The molecule has 2 heterocycles. The zero-order chi connectivity index (χ0) is 14.8. The SMILES string of the molecule is Cc1nc2cc(NCC3CCCCO3)c([N+](=O)[O-])cc2s1. The number of aromatic nitrogens is 1. The lowest BCUT2D eigenvalue weighted by Gasteiger charge is -2.23. The number of hydrogen-bond donors (Lipinski definition) is 1. The quantitative estimate of drug-likeness (QED) is 0.691. The second-order valence-corrected chi connectivity index (χ2v) is 6.43. The van der Waals surface area contributed by atoms with Crippen molar-refractivity contribution in [3.05, 3.63) is 27.3 Å². The summed E-state index contributed by atoms with van der Waals surface area (Å²) in [6.45, 7) is 3.27. The highest BCUT2D eigenvalue weighted by Crippen LogP contribution is 2.33. The zero-order valence-electron chi connectivity index (χ0n) is 11.8. The van der Waals surface area contributed by atoms with Gasteiger partial charge in [-0.05, 0) is 32.3 Å². The van der Waals surface area contributed by atoms with Gasteiger partial charge < -0.3 is 10.1 Å². The molecule has 1 aromatic heterocycles. The van der Waals surface area contributed by atoms with Gasteiger partial charge in [0.15, 0.2) is 0 Å². The Labute approximate surface area is 126 Å². The maximum Gasteiger partial charge on any atom is 0.293 e. The van der Waals surface area contributed by atoms with Gasteiger partial charge in [-0.25, -0.2) is 4.98 Å². The molecule has 0 saturated carbocycles. The van der Waals surface area contributed by atoms with Crippen LogP contribution >= 0.6 is 11.3 Å². The summed E-state index contributed by atoms with van der Waals surface area (Å²) in [6, 6.07) is 3.36. The van der Waals surface area contributed by atoms with Crippen LogP contribution in [0.2, 0.25) is 0 Å². The van der Waals surface area contributed by atoms with Gasteiger partial charge >= 0.3 is 0 Å². The standard InChI is InChI=1S/C14H17N3O3S/c1-9-16-12-6-11(13(17(18)19)7-14(12)21-9)15-8-10-4-2-3-5-20-10/h6-7,10,15H,2-5,8H2,1H3. The van der Waals surface area contributed by atoms with Gasteiger partial charge in [0.1, 0.15) is 5.69 Å². The van der Waals surface area contributed by atoms with Crippen molar-refractivity contribution in [1.29, 1.82) is 0 Å². The summed E-state index contributed by atoms with van der Waals surface area (Å²) in [4.78, 5) is 15.3. The third-order valence-electron chi connectivity index (χ3n) is 3.60. The summed E-state index contributed by atoms with van der Waals surface area (Å²) in [5.74, 6) is 0. The topological polar surface area (TPSA) is 77.3 Å². The summed E-state index contributed by atoms with van der Waals surface area (Å²) >= 11 is 1.47. The number of nitrogens with one attached hydrogen (secondary N) is 1. The second-order valence-electron chi connectivity index (χ2n) is 5.20. The molecule has 1 atom stereocenters. The Bertz CT molecular complexity index is 665. The molecule has 1 saturated heterocycles. The predicted molar refractivity (Wildman–Crippen MR) is 83.1 cm³/mol. The van der Waals surface area contributed by atoms with Crippen LogP contribution in [-0.4, -0.2) is 29.2 Å². The van der Waals surface area contributed by atoms with Gasteiger partial charge in [0.25, 0.3) is 5.69 Å². The molecule has 6 nitrogen and oxygen atoms in total. The summed E-state index contributed by atoms with van der Waals surface area (Å²) in [5.41, 5.74) is 1.42. The summed E-state index contributed by atoms with van der Waals surface area (Å²) in [5, 5.41) is 15.3. The molecule has 0 amide bonds. The van der Waals surface area contributed by atoms with Crippen LogP contribution in [0.5, 0.6) is 0 Å². The number of nitrogens with zero attached hydrogens (tertiary/aromatic N) is 2. The number of anilines is 1. The number of nitro groups is 1. The first-order valence-electron chi connectivity index (χ1n) is 7.04. The van der Waals surface area contributed by atoms with Crippen LogP contribution in [0, 0.1) is 17.0 Å². The molecule has 21 heavy (non-hydrogen) atoms. The molecular weight excluding hydrogens is 290 g/mol. The lowest BCUT2D eigenvalue weighted by atomic mass is 10.1. The van der Waals surface area contributed by atoms with Crippen LogP contribution in [0.1, 0.15) is 24.3 Å². The van der Waals surface area contributed by atoms with Crippen LogP contribution in [0.4, 0.5) is 11.4 Å². The van der Waals surface area contributed by atoms with Gasteiger partial charge in [0.05, 0.1) is 26.3 Å². The van der Waals surface area contributed by atoms with E-state index in [-0.39, 0.29) is 16.7 Å². The number of benzene rings is 1. The van der Waals surface area contributed by atoms with E-state index in [1.807, 2.05) is 6.92 Å². The van der Waals surface area contributed by atoms with Crippen LogP contribution in [-0.2, 0) is 4.74 Å². The first-order valence-corrected chi connectivity index (χ1v) is 7.86. The van der Waals surface area contributed by atoms with E-state index in [2.05, 4.69) is 10.3 Å². The number of fused-ring (bicyclic) bond motifs is 1. The fourth-order valence-electron chi connectivity index (χ4n) is 2.56. The Morgan fingerprint density at radius 2 is 2.38 bits per heavy atom. The Balaban J connectivity index is 1.84. The fraction of sp³-hybridized carbons (Fsp3) is 0.500. The smallest absolute Gasteiger partial charge is 0.293 e. The normalized spacial score (nSPS) is 18.8. The van der Waals surface area contributed by atoms with Crippen molar-refractivity contribution < 1.29 is 9.66 Å². The third-order valence-corrected chi connectivity index (χ3v) is 4.54. The van der Waals surface area contributed by atoms with Crippen molar-refractivity contribution in [3.8, 4) is 0 Å². The highest BCUT2D eigenvalue weighted by atomic mass is 32.1. The molecule has 1 N–H and O–H groups in total. The second kappa shape index (κ2) is 5.95. The van der Waals surface area contributed by atoms with Crippen molar-refractivity contribution in [1.82, 2.24) is 4.98 Å². The summed E-state index contributed by atoms with van der Waals surface area (Å²) in [6.07, 6.45) is 3.38. The lowest BCUT2D eigenvalue weighted by Crippen LogP contribution is -2.27. The van der Waals surface area contributed by atoms with Gasteiger partial charge in [0, 0.05) is 19.2 Å². The minimum Gasteiger partial charge on any atom is -0.377 e. The van der Waals surface area contributed by atoms with Crippen LogP contribution in [0.3, 0.4) is 0 Å². The van der Waals surface area contributed by atoms with E-state index in [4.69, 9.17) is 4.74 Å².